The quantitative estimate of drug-likeness (QED) is 0.772. The van der Waals surface area contributed by atoms with Crippen molar-refractivity contribution in [1.82, 2.24) is 5.32 Å². The number of carbonyl (C=O) groups is 1. The predicted molar refractivity (Wildman–Crippen MR) is 78.2 cm³/mol. The normalized spacial score (nSPS) is 10.1. The molecule has 0 heterocycles. The second-order valence-corrected chi connectivity index (χ2v) is 4.72. The number of nitrogens with two attached hydrogens (primary N) is 1. The number of rotatable bonds is 7. The molecule has 1 rings (SSSR count). The molecule has 0 spiro atoms. The molecule has 0 aliphatic carbocycles. The minimum Gasteiger partial charge on any atom is -0.434 e. The summed E-state index contributed by atoms with van der Waals surface area (Å²) in [5, 5.41) is 2.63. The maximum atomic E-state index is 12.2. The first kappa shape index (κ1) is 19.1. The molecule has 0 saturated carbocycles. The van der Waals surface area contributed by atoms with E-state index in [1.165, 1.54) is 6.07 Å². The zero-order valence-corrected chi connectivity index (χ0v) is 13.0. The fraction of sp³-hybridized carbons (Fsp3) is 0.417. The third-order valence-electron chi connectivity index (χ3n) is 2.32. The summed E-state index contributed by atoms with van der Waals surface area (Å²) in [5.41, 5.74) is 5.78. The monoisotopic (exact) mass is 372 g/mol. The molecule has 0 bridgehead atoms. The van der Waals surface area contributed by atoms with Gasteiger partial charge in [-0.15, -0.1) is 12.4 Å². The van der Waals surface area contributed by atoms with Gasteiger partial charge in [0.25, 0.3) is 0 Å². The largest absolute Gasteiger partial charge is 0.434 e. The van der Waals surface area contributed by atoms with E-state index in [9.17, 15) is 13.6 Å². The lowest BCUT2D eigenvalue weighted by molar-refractivity contribution is -0.121. The maximum Gasteiger partial charge on any atom is 0.387 e. The minimum atomic E-state index is -2.90. The van der Waals surface area contributed by atoms with Crippen molar-refractivity contribution in [2.75, 3.05) is 6.54 Å². The van der Waals surface area contributed by atoms with E-state index in [1.807, 2.05) is 0 Å². The molecule has 1 aromatic rings. The van der Waals surface area contributed by atoms with Crippen LogP contribution in [0.4, 0.5) is 8.78 Å². The number of nitrogens with one attached hydrogen (secondary N) is 1. The molecule has 0 radical (unpaired) electrons. The van der Waals surface area contributed by atoms with Gasteiger partial charge in [0.1, 0.15) is 5.75 Å². The SMILES string of the molecule is Cl.NCCCC(=O)NCc1cc(Br)ccc1OC(F)F. The number of alkyl halides is 2. The number of hydrogen-bond donors (Lipinski definition) is 2. The van der Waals surface area contributed by atoms with Crippen molar-refractivity contribution < 1.29 is 18.3 Å². The van der Waals surface area contributed by atoms with Crippen LogP contribution in [0, 0.1) is 0 Å². The summed E-state index contributed by atoms with van der Waals surface area (Å²) in [7, 11) is 0. The van der Waals surface area contributed by atoms with Crippen LogP contribution >= 0.6 is 28.3 Å². The van der Waals surface area contributed by atoms with Crippen LogP contribution in [0.2, 0.25) is 0 Å². The van der Waals surface area contributed by atoms with Gasteiger partial charge in [0.2, 0.25) is 5.91 Å². The Morgan fingerprint density at radius 2 is 2.15 bits per heavy atom. The molecule has 0 fully saturated rings. The minimum absolute atomic E-state index is 0. The Balaban J connectivity index is 0.00000361. The summed E-state index contributed by atoms with van der Waals surface area (Å²) in [6.07, 6.45) is 0.903. The molecule has 3 N–H and O–H groups in total. The average Bonchev–Trinajstić information content (AvgIpc) is 2.36. The Hall–Kier alpha value is -0.920. The Labute approximate surface area is 130 Å². The van der Waals surface area contributed by atoms with Gasteiger partial charge in [-0.05, 0) is 31.2 Å². The topological polar surface area (TPSA) is 64.4 Å². The molecule has 0 saturated heterocycles. The molecule has 1 aromatic carbocycles. The highest BCUT2D eigenvalue weighted by Gasteiger charge is 2.11. The van der Waals surface area contributed by atoms with E-state index in [0.29, 0.717) is 24.9 Å². The molecular formula is C12H16BrClF2N2O2. The summed E-state index contributed by atoms with van der Waals surface area (Å²) in [6.45, 7) is -2.33. The average molecular weight is 374 g/mol. The lowest BCUT2D eigenvalue weighted by atomic mass is 10.2. The van der Waals surface area contributed by atoms with Gasteiger partial charge in [-0.25, -0.2) is 0 Å². The molecule has 1 amide bonds. The number of benzene rings is 1. The number of hydrogen-bond acceptors (Lipinski definition) is 3. The van der Waals surface area contributed by atoms with E-state index in [2.05, 4.69) is 26.0 Å². The summed E-state index contributed by atoms with van der Waals surface area (Å²) < 4.78 is 29.6. The van der Waals surface area contributed by atoms with Crippen molar-refractivity contribution in [3.63, 3.8) is 0 Å². The highest BCUT2D eigenvalue weighted by molar-refractivity contribution is 9.10. The molecule has 114 valence electrons. The zero-order chi connectivity index (χ0) is 14.3. The second kappa shape index (κ2) is 9.90. The van der Waals surface area contributed by atoms with E-state index < -0.39 is 6.61 Å². The van der Waals surface area contributed by atoms with Crippen LogP contribution in [-0.2, 0) is 11.3 Å². The van der Waals surface area contributed by atoms with Crippen molar-refractivity contribution in [1.29, 1.82) is 0 Å². The predicted octanol–water partition coefficient (Wildman–Crippen LogP) is 2.83. The number of halogens is 4. The van der Waals surface area contributed by atoms with Crippen LogP contribution in [0.3, 0.4) is 0 Å². The molecule has 0 unspecified atom stereocenters. The Kier molecular flexibility index (Phi) is 9.45. The molecule has 4 nitrogen and oxygen atoms in total. The summed E-state index contributed by atoms with van der Waals surface area (Å²) in [5.74, 6) is -0.120. The smallest absolute Gasteiger partial charge is 0.387 e. The van der Waals surface area contributed by atoms with E-state index in [0.717, 1.165) is 4.47 Å². The summed E-state index contributed by atoms with van der Waals surface area (Å²) in [4.78, 5) is 11.4. The van der Waals surface area contributed by atoms with Crippen LogP contribution in [0.5, 0.6) is 5.75 Å². The van der Waals surface area contributed by atoms with Gasteiger partial charge in [-0.1, -0.05) is 15.9 Å². The summed E-state index contributed by atoms with van der Waals surface area (Å²) >= 11 is 3.24. The lowest BCUT2D eigenvalue weighted by Gasteiger charge is -2.12. The highest BCUT2D eigenvalue weighted by atomic mass is 79.9. The van der Waals surface area contributed by atoms with Crippen LogP contribution in [0.15, 0.2) is 22.7 Å². The van der Waals surface area contributed by atoms with Gasteiger partial charge in [0, 0.05) is 23.0 Å². The molecule has 20 heavy (non-hydrogen) atoms. The van der Waals surface area contributed by atoms with Crippen molar-refractivity contribution in [2.45, 2.75) is 26.0 Å². The molecular weight excluding hydrogens is 357 g/mol. The molecule has 0 aliphatic heterocycles. The van der Waals surface area contributed by atoms with Gasteiger partial charge < -0.3 is 15.8 Å². The van der Waals surface area contributed by atoms with E-state index in [-0.39, 0.29) is 30.6 Å². The van der Waals surface area contributed by atoms with Gasteiger partial charge in [-0.3, -0.25) is 4.79 Å². The first-order chi connectivity index (χ1) is 9.02. The Morgan fingerprint density at radius 3 is 2.75 bits per heavy atom. The zero-order valence-electron chi connectivity index (χ0n) is 10.6. The fourth-order valence-corrected chi connectivity index (χ4v) is 1.85. The van der Waals surface area contributed by atoms with E-state index in [1.54, 1.807) is 12.1 Å². The standard InChI is InChI=1S/C12H15BrF2N2O2.ClH/c13-9-3-4-10(19-12(14)15)8(6-9)7-17-11(18)2-1-5-16;/h3-4,6,12H,1-2,5,7,16H2,(H,17,18);1H. The molecule has 0 atom stereocenters. The fourth-order valence-electron chi connectivity index (χ4n) is 1.44. The third kappa shape index (κ3) is 7.02. The second-order valence-electron chi connectivity index (χ2n) is 3.80. The van der Waals surface area contributed by atoms with Gasteiger partial charge in [0.15, 0.2) is 0 Å². The van der Waals surface area contributed by atoms with E-state index in [4.69, 9.17) is 5.73 Å². The Morgan fingerprint density at radius 1 is 1.45 bits per heavy atom. The third-order valence-corrected chi connectivity index (χ3v) is 2.82. The van der Waals surface area contributed by atoms with Gasteiger partial charge in [0.05, 0.1) is 0 Å². The van der Waals surface area contributed by atoms with Gasteiger partial charge >= 0.3 is 6.61 Å². The van der Waals surface area contributed by atoms with Crippen molar-refractivity contribution in [2.24, 2.45) is 5.73 Å². The maximum absolute atomic E-state index is 12.2. The highest BCUT2D eigenvalue weighted by Crippen LogP contribution is 2.24. The number of ether oxygens (including phenoxy) is 1. The lowest BCUT2D eigenvalue weighted by Crippen LogP contribution is -2.23. The van der Waals surface area contributed by atoms with Gasteiger partial charge in [-0.2, -0.15) is 8.78 Å². The number of amides is 1. The van der Waals surface area contributed by atoms with Crippen LogP contribution in [0.1, 0.15) is 18.4 Å². The van der Waals surface area contributed by atoms with Crippen molar-refractivity contribution >= 4 is 34.2 Å². The molecule has 0 aromatic heterocycles. The molecule has 0 aliphatic rings. The summed E-state index contributed by atoms with van der Waals surface area (Å²) in [6, 6.07) is 4.65. The van der Waals surface area contributed by atoms with Crippen LogP contribution in [0.25, 0.3) is 0 Å². The van der Waals surface area contributed by atoms with Crippen molar-refractivity contribution in [3.05, 3.63) is 28.2 Å². The first-order valence-corrected chi connectivity index (χ1v) is 6.52. The van der Waals surface area contributed by atoms with E-state index >= 15 is 0 Å². The number of carbonyl (C=O) groups excluding carboxylic acids is 1. The Bertz CT molecular complexity index is 436. The first-order valence-electron chi connectivity index (χ1n) is 5.73. The van der Waals surface area contributed by atoms with Crippen LogP contribution in [-0.4, -0.2) is 19.1 Å². The van der Waals surface area contributed by atoms with Crippen LogP contribution < -0.4 is 15.8 Å². The van der Waals surface area contributed by atoms with Crippen molar-refractivity contribution in [3.8, 4) is 5.75 Å². The molecule has 8 heteroatoms.